The Kier molecular flexibility index (Phi) is 5.97. The van der Waals surface area contributed by atoms with Crippen molar-refractivity contribution in [2.45, 2.75) is 58.3 Å². The van der Waals surface area contributed by atoms with Crippen molar-refractivity contribution in [3.63, 3.8) is 0 Å². The minimum Gasteiger partial charge on any atom is -0.342 e. The Balaban J connectivity index is 1.63. The molecule has 1 atom stereocenters. The van der Waals surface area contributed by atoms with Crippen molar-refractivity contribution in [2.75, 3.05) is 25.0 Å². The SMILES string of the molecule is CC1(CN)CCN(C(=O)CC2(CC(=O)Nc3nccs3)CCCCC2)C1. The molecule has 7 heteroatoms. The summed E-state index contributed by atoms with van der Waals surface area (Å²) in [7, 11) is 0. The molecular weight excluding hydrogens is 348 g/mol. The van der Waals surface area contributed by atoms with Crippen LogP contribution in [-0.2, 0) is 9.59 Å². The first-order valence-electron chi connectivity index (χ1n) is 9.61. The second-order valence-electron chi connectivity index (χ2n) is 8.38. The standard InChI is InChI=1S/C19H30N4O2S/c1-18(13-20)7-9-23(14-18)16(25)12-19(5-3-2-4-6-19)11-15(24)22-17-21-8-10-26-17/h8,10H,2-7,9,11-14,20H2,1H3,(H,21,22,24). The quantitative estimate of drug-likeness (QED) is 0.796. The lowest BCUT2D eigenvalue weighted by Crippen LogP contribution is -2.39. The maximum absolute atomic E-state index is 13.0. The monoisotopic (exact) mass is 378 g/mol. The van der Waals surface area contributed by atoms with Gasteiger partial charge < -0.3 is 16.0 Å². The molecule has 1 aliphatic carbocycles. The van der Waals surface area contributed by atoms with Crippen molar-refractivity contribution >= 4 is 28.3 Å². The minimum absolute atomic E-state index is 0.0251. The molecule has 0 aromatic carbocycles. The fraction of sp³-hybridized carbons (Fsp3) is 0.737. The van der Waals surface area contributed by atoms with E-state index in [1.54, 1.807) is 6.20 Å². The molecule has 0 spiro atoms. The van der Waals surface area contributed by atoms with Crippen molar-refractivity contribution in [3.05, 3.63) is 11.6 Å². The van der Waals surface area contributed by atoms with Gasteiger partial charge in [-0.3, -0.25) is 9.59 Å². The van der Waals surface area contributed by atoms with Crippen molar-refractivity contribution in [2.24, 2.45) is 16.6 Å². The van der Waals surface area contributed by atoms with Gasteiger partial charge in [0.2, 0.25) is 11.8 Å². The second-order valence-corrected chi connectivity index (χ2v) is 9.27. The maximum Gasteiger partial charge on any atom is 0.226 e. The summed E-state index contributed by atoms with van der Waals surface area (Å²) in [6.07, 6.45) is 8.81. The van der Waals surface area contributed by atoms with Crippen LogP contribution in [0, 0.1) is 10.8 Å². The molecule has 26 heavy (non-hydrogen) atoms. The predicted octanol–water partition coefficient (Wildman–Crippen LogP) is 3.01. The van der Waals surface area contributed by atoms with E-state index in [2.05, 4.69) is 17.2 Å². The number of amides is 2. The third-order valence-corrected chi connectivity index (χ3v) is 6.75. The van der Waals surface area contributed by atoms with Gasteiger partial charge in [0.25, 0.3) is 0 Å². The molecule has 1 saturated carbocycles. The van der Waals surface area contributed by atoms with Crippen LogP contribution in [0.3, 0.4) is 0 Å². The van der Waals surface area contributed by atoms with Gasteiger partial charge in [-0.25, -0.2) is 4.98 Å². The molecule has 144 valence electrons. The van der Waals surface area contributed by atoms with Crippen molar-refractivity contribution < 1.29 is 9.59 Å². The second kappa shape index (κ2) is 8.05. The van der Waals surface area contributed by atoms with Crippen molar-refractivity contribution in [3.8, 4) is 0 Å². The molecule has 2 fully saturated rings. The highest BCUT2D eigenvalue weighted by molar-refractivity contribution is 7.13. The number of thiazole rings is 1. The van der Waals surface area contributed by atoms with E-state index >= 15 is 0 Å². The van der Waals surface area contributed by atoms with Crippen LogP contribution in [0.25, 0.3) is 0 Å². The van der Waals surface area contributed by atoms with Crippen LogP contribution < -0.4 is 11.1 Å². The van der Waals surface area contributed by atoms with Crippen LogP contribution in [0.2, 0.25) is 0 Å². The van der Waals surface area contributed by atoms with Crippen LogP contribution in [-0.4, -0.2) is 41.3 Å². The number of likely N-dealkylation sites (tertiary alicyclic amines) is 1. The van der Waals surface area contributed by atoms with Crippen LogP contribution in [0.1, 0.15) is 58.3 Å². The maximum atomic E-state index is 13.0. The fourth-order valence-corrected chi connectivity index (χ4v) is 4.89. The van der Waals surface area contributed by atoms with Gasteiger partial charge >= 0.3 is 0 Å². The van der Waals surface area contributed by atoms with Gasteiger partial charge in [-0.15, -0.1) is 11.3 Å². The summed E-state index contributed by atoms with van der Waals surface area (Å²) < 4.78 is 0. The number of aromatic nitrogens is 1. The van der Waals surface area contributed by atoms with E-state index in [-0.39, 0.29) is 22.6 Å². The first-order chi connectivity index (χ1) is 12.4. The predicted molar refractivity (Wildman–Crippen MR) is 104 cm³/mol. The Bertz CT molecular complexity index is 627. The van der Waals surface area contributed by atoms with Gasteiger partial charge in [-0.1, -0.05) is 26.2 Å². The number of nitrogens with zero attached hydrogens (tertiary/aromatic N) is 2. The summed E-state index contributed by atoms with van der Waals surface area (Å²) in [5, 5.41) is 5.36. The lowest BCUT2D eigenvalue weighted by molar-refractivity contribution is -0.134. The molecule has 1 aliphatic heterocycles. The molecular formula is C19H30N4O2S. The molecule has 2 heterocycles. The first-order valence-corrected chi connectivity index (χ1v) is 10.5. The number of nitrogens with one attached hydrogen (secondary N) is 1. The third kappa shape index (κ3) is 4.62. The van der Waals surface area contributed by atoms with E-state index in [1.807, 2.05) is 10.3 Å². The van der Waals surface area contributed by atoms with E-state index in [0.717, 1.165) is 45.2 Å². The number of carbonyl (C=O) groups excluding carboxylic acids is 2. The molecule has 6 nitrogen and oxygen atoms in total. The first kappa shape index (κ1) is 19.3. The van der Waals surface area contributed by atoms with Crippen LogP contribution in [0.5, 0.6) is 0 Å². The highest BCUT2D eigenvalue weighted by Crippen LogP contribution is 2.43. The number of rotatable bonds is 6. The smallest absolute Gasteiger partial charge is 0.226 e. The van der Waals surface area contributed by atoms with Gasteiger partial charge in [0.05, 0.1) is 0 Å². The summed E-state index contributed by atoms with van der Waals surface area (Å²) in [6.45, 7) is 4.29. The molecule has 0 bridgehead atoms. The van der Waals surface area contributed by atoms with Gasteiger partial charge in [-0.2, -0.15) is 0 Å². The molecule has 0 radical (unpaired) electrons. The normalized spacial score (nSPS) is 25.2. The number of nitrogens with two attached hydrogens (primary N) is 1. The molecule has 1 aromatic heterocycles. The lowest BCUT2D eigenvalue weighted by atomic mass is 9.69. The highest BCUT2D eigenvalue weighted by atomic mass is 32.1. The lowest BCUT2D eigenvalue weighted by Gasteiger charge is -2.37. The van der Waals surface area contributed by atoms with Crippen LogP contribution in [0.15, 0.2) is 11.6 Å². The molecule has 1 unspecified atom stereocenters. The Hall–Kier alpha value is -1.47. The summed E-state index contributed by atoms with van der Waals surface area (Å²) >= 11 is 1.42. The molecule has 1 saturated heterocycles. The number of anilines is 1. The fourth-order valence-electron chi connectivity index (χ4n) is 4.34. The molecule has 2 aliphatic rings. The zero-order valence-corrected chi connectivity index (χ0v) is 16.4. The Morgan fingerprint density at radius 1 is 1.27 bits per heavy atom. The van der Waals surface area contributed by atoms with Gasteiger partial charge in [0, 0.05) is 37.5 Å². The average molecular weight is 379 g/mol. The molecule has 2 amide bonds. The van der Waals surface area contributed by atoms with Crippen LogP contribution >= 0.6 is 11.3 Å². The molecule has 3 rings (SSSR count). The Morgan fingerprint density at radius 3 is 2.65 bits per heavy atom. The average Bonchev–Trinajstić information content (AvgIpc) is 3.25. The van der Waals surface area contributed by atoms with Gasteiger partial charge in [-0.05, 0) is 36.6 Å². The van der Waals surface area contributed by atoms with E-state index in [4.69, 9.17) is 5.73 Å². The summed E-state index contributed by atoms with van der Waals surface area (Å²) in [5.74, 6) is 0.161. The summed E-state index contributed by atoms with van der Waals surface area (Å²) in [5.41, 5.74) is 5.70. The van der Waals surface area contributed by atoms with E-state index in [9.17, 15) is 9.59 Å². The van der Waals surface area contributed by atoms with Gasteiger partial charge in [0.1, 0.15) is 0 Å². The molecule has 1 aromatic rings. The van der Waals surface area contributed by atoms with Crippen molar-refractivity contribution in [1.29, 1.82) is 0 Å². The van der Waals surface area contributed by atoms with Crippen molar-refractivity contribution in [1.82, 2.24) is 9.88 Å². The minimum atomic E-state index is -0.210. The van der Waals surface area contributed by atoms with E-state index in [0.29, 0.717) is 24.5 Å². The Labute approximate surface area is 159 Å². The van der Waals surface area contributed by atoms with Crippen LogP contribution in [0.4, 0.5) is 5.13 Å². The number of hydrogen-bond acceptors (Lipinski definition) is 5. The highest BCUT2D eigenvalue weighted by Gasteiger charge is 2.40. The van der Waals surface area contributed by atoms with E-state index in [1.165, 1.54) is 17.8 Å². The Morgan fingerprint density at radius 2 is 2.04 bits per heavy atom. The summed E-state index contributed by atoms with van der Waals surface area (Å²) in [6, 6.07) is 0. The molecule has 3 N–H and O–H groups in total. The van der Waals surface area contributed by atoms with Gasteiger partial charge in [0.15, 0.2) is 5.13 Å². The summed E-state index contributed by atoms with van der Waals surface area (Å²) in [4.78, 5) is 31.6. The third-order valence-electron chi connectivity index (χ3n) is 6.06. The largest absolute Gasteiger partial charge is 0.342 e. The zero-order valence-electron chi connectivity index (χ0n) is 15.6. The topological polar surface area (TPSA) is 88.3 Å². The number of hydrogen-bond donors (Lipinski definition) is 2. The zero-order chi connectivity index (χ0) is 18.6. The van der Waals surface area contributed by atoms with E-state index < -0.39 is 0 Å². The number of carbonyl (C=O) groups is 2.